The number of carbonyl (C=O) groups excluding carboxylic acids is 1. The maximum Gasteiger partial charge on any atom is 0.312 e. The largest absolute Gasteiger partial charge is 0.469 e. The molecule has 17 heavy (non-hydrogen) atoms. The van der Waals surface area contributed by atoms with Crippen LogP contribution < -0.4 is 0 Å². The van der Waals surface area contributed by atoms with Crippen molar-refractivity contribution in [1.29, 1.82) is 0 Å². The van der Waals surface area contributed by atoms with Gasteiger partial charge in [0.2, 0.25) is 0 Å². The van der Waals surface area contributed by atoms with E-state index in [9.17, 15) is 9.90 Å². The molecule has 4 saturated carbocycles. The summed E-state index contributed by atoms with van der Waals surface area (Å²) in [7, 11) is 1.45. The minimum Gasteiger partial charge on any atom is -0.469 e. The minimum atomic E-state index is -0.450. The molecule has 3 nitrogen and oxygen atoms in total. The average molecular weight is 238 g/mol. The first kappa shape index (κ1) is 11.5. The second-order valence-electron chi connectivity index (χ2n) is 7.10. The molecule has 2 bridgehead atoms. The second kappa shape index (κ2) is 2.87. The van der Waals surface area contributed by atoms with Crippen LogP contribution in [0.15, 0.2) is 0 Å². The predicted molar refractivity (Wildman–Crippen MR) is 63.2 cm³/mol. The van der Waals surface area contributed by atoms with Gasteiger partial charge in [0, 0.05) is 5.41 Å². The highest BCUT2D eigenvalue weighted by Gasteiger charge is 2.81. The first-order chi connectivity index (χ1) is 7.80. The Morgan fingerprint density at radius 2 is 1.94 bits per heavy atom. The Labute approximate surface area is 103 Å². The maximum atomic E-state index is 12.0. The second-order valence-corrected chi connectivity index (χ2v) is 7.10. The van der Waals surface area contributed by atoms with Crippen molar-refractivity contribution in [2.24, 2.45) is 28.1 Å². The molecule has 4 aliphatic carbocycles. The van der Waals surface area contributed by atoms with E-state index in [0.717, 1.165) is 12.8 Å². The van der Waals surface area contributed by atoms with Gasteiger partial charge in [0.25, 0.3) is 0 Å². The lowest BCUT2D eigenvalue weighted by atomic mass is 9.42. The summed E-state index contributed by atoms with van der Waals surface area (Å²) in [5, 5.41) is 10.4. The van der Waals surface area contributed by atoms with Gasteiger partial charge < -0.3 is 9.84 Å². The van der Waals surface area contributed by atoms with E-state index in [1.807, 2.05) is 6.92 Å². The van der Waals surface area contributed by atoms with Crippen LogP contribution in [-0.4, -0.2) is 24.3 Å². The van der Waals surface area contributed by atoms with Gasteiger partial charge in [0.15, 0.2) is 0 Å². The molecule has 4 aliphatic rings. The fraction of sp³-hybridized carbons (Fsp3) is 0.929. The first-order valence-electron chi connectivity index (χ1n) is 6.57. The van der Waals surface area contributed by atoms with E-state index in [1.165, 1.54) is 13.5 Å². The lowest BCUT2D eigenvalue weighted by Crippen LogP contribution is -2.60. The van der Waals surface area contributed by atoms with Gasteiger partial charge in [-0.15, -0.1) is 0 Å². The number of esters is 1. The highest BCUT2D eigenvalue weighted by Crippen LogP contribution is 2.81. The monoisotopic (exact) mass is 238 g/mol. The molecule has 5 atom stereocenters. The third-order valence-electron chi connectivity index (χ3n) is 6.38. The zero-order valence-corrected chi connectivity index (χ0v) is 11.1. The van der Waals surface area contributed by atoms with Crippen molar-refractivity contribution in [2.75, 3.05) is 7.11 Å². The number of hydrogen-bond donors (Lipinski definition) is 1. The molecule has 0 amide bonds. The van der Waals surface area contributed by atoms with Gasteiger partial charge in [0.1, 0.15) is 0 Å². The average Bonchev–Trinajstić information content (AvgIpc) is 2.89. The van der Waals surface area contributed by atoms with Gasteiger partial charge in [-0.1, -0.05) is 13.8 Å². The Morgan fingerprint density at radius 3 is 2.47 bits per heavy atom. The van der Waals surface area contributed by atoms with E-state index in [-0.39, 0.29) is 22.9 Å². The van der Waals surface area contributed by atoms with Crippen molar-refractivity contribution < 1.29 is 14.6 Å². The molecule has 0 saturated heterocycles. The summed E-state index contributed by atoms with van der Waals surface area (Å²) in [6.07, 6.45) is 2.52. The standard InChI is InChI=1S/C14H22O3/c1-12(2)8-5-9(12)14(10(15)6-8)7-13(14,3)11(16)17-4/h8-10,15H,5-7H2,1-4H3/t8?,9-,10+,13+,14+/m1/s1. The van der Waals surface area contributed by atoms with Crippen LogP contribution in [0.3, 0.4) is 0 Å². The van der Waals surface area contributed by atoms with E-state index in [4.69, 9.17) is 4.74 Å². The summed E-state index contributed by atoms with van der Waals surface area (Å²) in [5.41, 5.74) is -0.363. The summed E-state index contributed by atoms with van der Waals surface area (Å²) in [6.45, 7) is 6.54. The lowest BCUT2D eigenvalue weighted by molar-refractivity contribution is -0.193. The molecule has 96 valence electrons. The molecule has 1 N–H and O–H groups in total. The van der Waals surface area contributed by atoms with Crippen LogP contribution in [0.5, 0.6) is 0 Å². The molecular weight excluding hydrogens is 216 g/mol. The number of methoxy groups -OCH3 is 1. The Hall–Kier alpha value is -0.570. The molecule has 4 fully saturated rings. The zero-order valence-electron chi connectivity index (χ0n) is 11.1. The number of ether oxygens (including phenoxy) is 1. The molecule has 3 heteroatoms. The third kappa shape index (κ3) is 1.01. The summed E-state index contributed by atoms with van der Waals surface area (Å²) in [6, 6.07) is 0. The number of hydrogen-bond acceptors (Lipinski definition) is 3. The van der Waals surface area contributed by atoms with Gasteiger partial charge >= 0.3 is 5.97 Å². The van der Waals surface area contributed by atoms with Crippen molar-refractivity contribution in [3.05, 3.63) is 0 Å². The van der Waals surface area contributed by atoms with Gasteiger partial charge in [-0.2, -0.15) is 0 Å². The molecule has 1 spiro atoms. The third-order valence-corrected chi connectivity index (χ3v) is 6.38. The topological polar surface area (TPSA) is 46.5 Å². The molecule has 0 aromatic heterocycles. The predicted octanol–water partition coefficient (Wildman–Crippen LogP) is 1.98. The van der Waals surface area contributed by atoms with Gasteiger partial charge in [-0.3, -0.25) is 4.79 Å². The van der Waals surface area contributed by atoms with Crippen LogP contribution in [0.2, 0.25) is 0 Å². The number of aliphatic hydroxyl groups is 1. The zero-order chi connectivity index (χ0) is 12.6. The molecule has 0 heterocycles. The van der Waals surface area contributed by atoms with E-state index >= 15 is 0 Å². The van der Waals surface area contributed by atoms with Crippen LogP contribution in [0.4, 0.5) is 0 Å². The highest BCUT2D eigenvalue weighted by atomic mass is 16.5. The molecule has 0 aliphatic heterocycles. The van der Waals surface area contributed by atoms with E-state index < -0.39 is 5.41 Å². The lowest BCUT2D eigenvalue weighted by Gasteiger charge is -2.63. The van der Waals surface area contributed by atoms with Crippen molar-refractivity contribution in [3.8, 4) is 0 Å². The highest BCUT2D eigenvalue weighted by molar-refractivity contribution is 5.82. The van der Waals surface area contributed by atoms with Gasteiger partial charge in [-0.05, 0) is 43.4 Å². The summed E-state index contributed by atoms with van der Waals surface area (Å²) < 4.78 is 4.94. The van der Waals surface area contributed by atoms with Crippen LogP contribution in [-0.2, 0) is 9.53 Å². The van der Waals surface area contributed by atoms with Crippen molar-refractivity contribution >= 4 is 5.97 Å². The maximum absolute atomic E-state index is 12.0. The minimum absolute atomic E-state index is 0.141. The normalized spacial score (nSPS) is 54.1. The summed E-state index contributed by atoms with van der Waals surface area (Å²) in [4.78, 5) is 12.0. The van der Waals surface area contributed by atoms with E-state index in [2.05, 4.69) is 13.8 Å². The quantitative estimate of drug-likeness (QED) is 0.711. The number of fused-ring (bicyclic) bond motifs is 1. The van der Waals surface area contributed by atoms with Crippen LogP contribution >= 0.6 is 0 Å². The van der Waals surface area contributed by atoms with Crippen LogP contribution in [0.25, 0.3) is 0 Å². The number of carbonyl (C=O) groups is 1. The summed E-state index contributed by atoms with van der Waals surface area (Å²) >= 11 is 0. The first-order valence-corrected chi connectivity index (χ1v) is 6.57. The molecule has 4 rings (SSSR count). The van der Waals surface area contributed by atoms with Gasteiger partial charge in [-0.25, -0.2) is 0 Å². The number of aliphatic hydroxyl groups excluding tert-OH is 1. The molecule has 0 radical (unpaired) electrons. The SMILES string of the molecule is COC(=O)[C@]1(C)C[C@@]12[C@@H]1CC(C[C@@H]2O)C1(C)C. The Kier molecular flexibility index (Phi) is 1.95. The van der Waals surface area contributed by atoms with E-state index in [1.54, 1.807) is 0 Å². The smallest absolute Gasteiger partial charge is 0.312 e. The van der Waals surface area contributed by atoms with Crippen molar-refractivity contribution in [1.82, 2.24) is 0 Å². The molecular formula is C14H22O3. The van der Waals surface area contributed by atoms with Crippen molar-refractivity contribution in [3.63, 3.8) is 0 Å². The van der Waals surface area contributed by atoms with Gasteiger partial charge in [0.05, 0.1) is 18.6 Å². The Bertz CT molecular complexity index is 389. The Morgan fingerprint density at radius 1 is 1.29 bits per heavy atom. The summed E-state index contributed by atoms with van der Waals surface area (Å²) in [5.74, 6) is 0.973. The number of rotatable bonds is 1. The molecule has 0 aromatic rings. The fourth-order valence-corrected chi connectivity index (χ4v) is 5.02. The van der Waals surface area contributed by atoms with Crippen LogP contribution in [0.1, 0.15) is 40.0 Å². The fourth-order valence-electron chi connectivity index (χ4n) is 5.02. The van der Waals surface area contributed by atoms with E-state index in [0.29, 0.717) is 11.8 Å². The van der Waals surface area contributed by atoms with Crippen molar-refractivity contribution in [2.45, 2.75) is 46.1 Å². The Balaban J connectivity index is 1.96. The van der Waals surface area contributed by atoms with Crippen LogP contribution in [0, 0.1) is 28.1 Å². The molecule has 1 unspecified atom stereocenters. The molecule has 0 aromatic carbocycles.